The molecule has 0 fully saturated rings. The molecule has 0 aliphatic heterocycles. The summed E-state index contributed by atoms with van der Waals surface area (Å²) in [6.07, 6.45) is 0.408. The minimum absolute atomic E-state index is 0.283. The summed E-state index contributed by atoms with van der Waals surface area (Å²) in [5.41, 5.74) is 1.13. The highest BCUT2D eigenvalue weighted by Crippen LogP contribution is 2.27. The van der Waals surface area contributed by atoms with Crippen LogP contribution in [0.4, 0.5) is 4.39 Å². The Labute approximate surface area is 151 Å². The van der Waals surface area contributed by atoms with Crippen molar-refractivity contribution < 1.29 is 23.5 Å². The fourth-order valence-electron chi connectivity index (χ4n) is 2.13. The van der Waals surface area contributed by atoms with Crippen molar-refractivity contribution in [1.29, 1.82) is 0 Å². The number of nitrogens with one attached hydrogen (secondary N) is 1. The van der Waals surface area contributed by atoms with Crippen molar-refractivity contribution in [3.63, 3.8) is 0 Å². The molecule has 1 amide bonds. The van der Waals surface area contributed by atoms with E-state index in [4.69, 9.17) is 14.3 Å². The van der Waals surface area contributed by atoms with Gasteiger partial charge in [0.25, 0.3) is 5.91 Å². The number of nitrogens with zero attached hydrogens (tertiary/aromatic N) is 1. The number of rotatable bonds is 8. The molecule has 1 unspecified atom stereocenters. The Morgan fingerprint density at radius 2 is 1.92 bits per heavy atom. The van der Waals surface area contributed by atoms with E-state index in [-0.39, 0.29) is 11.5 Å². The maximum Gasteiger partial charge on any atom is 0.263 e. The standard InChI is InChI=1S/C19H21FN2O4/c1-13(26-22-12-15-6-4-5-7-16(15)20)19(23)21-11-14-8-9-17(24-2)18(10-14)25-3/h4-10,12-13H,11H2,1-3H3,(H,21,23). The smallest absolute Gasteiger partial charge is 0.263 e. The van der Waals surface area contributed by atoms with Gasteiger partial charge in [-0.2, -0.15) is 0 Å². The monoisotopic (exact) mass is 360 g/mol. The first-order chi connectivity index (χ1) is 12.5. The first kappa shape index (κ1) is 19.2. The van der Waals surface area contributed by atoms with Crippen molar-refractivity contribution in [3.8, 4) is 11.5 Å². The molecule has 1 N–H and O–H groups in total. The van der Waals surface area contributed by atoms with Crippen molar-refractivity contribution in [2.75, 3.05) is 14.2 Å². The largest absolute Gasteiger partial charge is 0.493 e. The molecule has 2 rings (SSSR count). The van der Waals surface area contributed by atoms with Crippen molar-refractivity contribution in [2.24, 2.45) is 5.16 Å². The van der Waals surface area contributed by atoms with Crippen LogP contribution in [0.2, 0.25) is 0 Å². The van der Waals surface area contributed by atoms with Crippen LogP contribution in [-0.2, 0) is 16.2 Å². The molecule has 138 valence electrons. The minimum atomic E-state index is -0.821. The van der Waals surface area contributed by atoms with Crippen LogP contribution in [0.3, 0.4) is 0 Å². The molecule has 0 heterocycles. The van der Waals surface area contributed by atoms with E-state index >= 15 is 0 Å². The lowest BCUT2D eigenvalue weighted by atomic mass is 10.2. The second kappa shape index (κ2) is 9.41. The van der Waals surface area contributed by atoms with E-state index in [0.717, 1.165) is 5.56 Å². The average Bonchev–Trinajstić information content (AvgIpc) is 2.67. The summed E-state index contributed by atoms with van der Waals surface area (Å²) in [5, 5.41) is 6.41. The Hall–Kier alpha value is -3.09. The quantitative estimate of drug-likeness (QED) is 0.581. The molecule has 0 aliphatic rings. The highest BCUT2D eigenvalue weighted by Gasteiger charge is 2.14. The van der Waals surface area contributed by atoms with Crippen molar-refractivity contribution in [3.05, 3.63) is 59.4 Å². The van der Waals surface area contributed by atoms with E-state index in [1.54, 1.807) is 51.5 Å². The van der Waals surface area contributed by atoms with E-state index < -0.39 is 11.9 Å². The number of carbonyl (C=O) groups is 1. The SMILES string of the molecule is COc1ccc(CNC(=O)C(C)ON=Cc2ccccc2F)cc1OC. The van der Waals surface area contributed by atoms with E-state index in [2.05, 4.69) is 10.5 Å². The first-order valence-electron chi connectivity index (χ1n) is 7.97. The summed E-state index contributed by atoms with van der Waals surface area (Å²) in [5.74, 6) is 0.440. The van der Waals surface area contributed by atoms with Crippen LogP contribution < -0.4 is 14.8 Å². The van der Waals surface area contributed by atoms with Gasteiger partial charge in [0.2, 0.25) is 6.10 Å². The summed E-state index contributed by atoms with van der Waals surface area (Å²) in [4.78, 5) is 17.1. The lowest BCUT2D eigenvalue weighted by Gasteiger charge is -2.12. The van der Waals surface area contributed by atoms with E-state index in [0.29, 0.717) is 18.0 Å². The zero-order valence-electron chi connectivity index (χ0n) is 14.9. The van der Waals surface area contributed by atoms with Gasteiger partial charge in [-0.25, -0.2) is 4.39 Å². The zero-order chi connectivity index (χ0) is 18.9. The van der Waals surface area contributed by atoms with Crippen molar-refractivity contribution in [2.45, 2.75) is 19.6 Å². The predicted octanol–water partition coefficient (Wildman–Crippen LogP) is 2.90. The number of amides is 1. The fourth-order valence-corrected chi connectivity index (χ4v) is 2.13. The number of methoxy groups -OCH3 is 2. The molecule has 0 radical (unpaired) electrons. The minimum Gasteiger partial charge on any atom is -0.493 e. The first-order valence-corrected chi connectivity index (χ1v) is 7.97. The molecule has 2 aromatic carbocycles. The average molecular weight is 360 g/mol. The molecule has 0 bridgehead atoms. The van der Waals surface area contributed by atoms with E-state index in [1.807, 2.05) is 6.07 Å². The van der Waals surface area contributed by atoms with Crippen LogP contribution in [0.25, 0.3) is 0 Å². The van der Waals surface area contributed by atoms with Gasteiger partial charge in [0.05, 0.1) is 20.4 Å². The van der Waals surface area contributed by atoms with Gasteiger partial charge in [0, 0.05) is 12.1 Å². The molecule has 0 aromatic heterocycles. The molecule has 26 heavy (non-hydrogen) atoms. The number of hydrogen-bond acceptors (Lipinski definition) is 5. The number of hydrogen-bond donors (Lipinski definition) is 1. The van der Waals surface area contributed by atoms with Gasteiger partial charge < -0.3 is 19.6 Å². The molecular formula is C19H21FN2O4. The Kier molecular flexibility index (Phi) is 6.96. The number of oxime groups is 1. The number of halogens is 1. The zero-order valence-corrected chi connectivity index (χ0v) is 14.9. The van der Waals surface area contributed by atoms with Crippen LogP contribution in [0.15, 0.2) is 47.6 Å². The van der Waals surface area contributed by atoms with Gasteiger partial charge in [-0.1, -0.05) is 29.4 Å². The Bertz CT molecular complexity index is 780. The molecule has 0 aliphatic carbocycles. The van der Waals surface area contributed by atoms with Gasteiger partial charge >= 0.3 is 0 Å². The normalized spacial score (nSPS) is 11.8. The number of benzene rings is 2. The molecule has 0 saturated heterocycles. The summed E-state index contributed by atoms with van der Waals surface area (Å²) >= 11 is 0. The van der Waals surface area contributed by atoms with Crippen molar-refractivity contribution in [1.82, 2.24) is 5.32 Å². The van der Waals surface area contributed by atoms with Gasteiger partial charge in [0.15, 0.2) is 11.5 Å². The van der Waals surface area contributed by atoms with E-state index in [9.17, 15) is 9.18 Å². The molecule has 1 atom stereocenters. The Balaban J connectivity index is 1.86. The van der Waals surface area contributed by atoms with Gasteiger partial charge in [-0.15, -0.1) is 0 Å². The van der Waals surface area contributed by atoms with Crippen molar-refractivity contribution >= 4 is 12.1 Å². The third-order valence-corrected chi connectivity index (χ3v) is 3.60. The molecular weight excluding hydrogens is 339 g/mol. The third kappa shape index (κ3) is 5.20. The van der Waals surface area contributed by atoms with Crippen LogP contribution in [0.1, 0.15) is 18.1 Å². The molecule has 0 spiro atoms. The van der Waals surface area contributed by atoms with Crippen LogP contribution in [-0.4, -0.2) is 32.4 Å². The highest BCUT2D eigenvalue weighted by atomic mass is 19.1. The van der Waals surface area contributed by atoms with Gasteiger partial charge in [0.1, 0.15) is 5.82 Å². The topological polar surface area (TPSA) is 69.2 Å². The maximum absolute atomic E-state index is 13.5. The Morgan fingerprint density at radius 3 is 2.62 bits per heavy atom. The predicted molar refractivity (Wildman–Crippen MR) is 95.9 cm³/mol. The van der Waals surface area contributed by atoms with E-state index in [1.165, 1.54) is 12.3 Å². The summed E-state index contributed by atoms with van der Waals surface area (Å²) in [6, 6.07) is 11.5. The number of carbonyl (C=O) groups excluding carboxylic acids is 1. The summed E-state index contributed by atoms with van der Waals surface area (Å²) < 4.78 is 23.8. The summed E-state index contributed by atoms with van der Waals surface area (Å²) in [7, 11) is 3.10. The Morgan fingerprint density at radius 1 is 1.19 bits per heavy atom. The molecule has 0 saturated carbocycles. The molecule has 2 aromatic rings. The van der Waals surface area contributed by atoms with Crippen LogP contribution in [0.5, 0.6) is 11.5 Å². The lowest BCUT2D eigenvalue weighted by molar-refractivity contribution is -0.131. The van der Waals surface area contributed by atoms with Gasteiger partial charge in [-0.05, 0) is 30.7 Å². The summed E-state index contributed by atoms with van der Waals surface area (Å²) in [6.45, 7) is 1.85. The second-order valence-corrected chi connectivity index (χ2v) is 5.41. The molecule has 6 nitrogen and oxygen atoms in total. The lowest BCUT2D eigenvalue weighted by Crippen LogP contribution is -2.33. The third-order valence-electron chi connectivity index (χ3n) is 3.60. The maximum atomic E-state index is 13.5. The second-order valence-electron chi connectivity index (χ2n) is 5.41. The van der Waals surface area contributed by atoms with Gasteiger partial charge in [-0.3, -0.25) is 4.79 Å². The van der Waals surface area contributed by atoms with Crippen LogP contribution >= 0.6 is 0 Å². The van der Waals surface area contributed by atoms with Crippen LogP contribution in [0, 0.1) is 5.82 Å². The highest BCUT2D eigenvalue weighted by molar-refractivity contribution is 5.81. The number of ether oxygens (including phenoxy) is 2. The molecule has 7 heteroatoms. The fraction of sp³-hybridized carbons (Fsp3) is 0.263.